The average Bonchev–Trinajstić information content (AvgIpc) is 0.810. The number of hydrogen-bond acceptors (Lipinski definition) is 1. The van der Waals surface area contributed by atoms with Gasteiger partial charge in [0.25, 0.3) is 0 Å². The van der Waals surface area contributed by atoms with Gasteiger partial charge in [0, 0.05) is 0 Å². The van der Waals surface area contributed by atoms with Crippen molar-refractivity contribution in [3.8, 4) is 0 Å². The fourth-order valence-electron chi connectivity index (χ4n) is 17.7. The van der Waals surface area contributed by atoms with E-state index >= 15 is 0 Å². The van der Waals surface area contributed by atoms with Crippen LogP contribution in [0.1, 0.15) is 581 Å². The zero-order chi connectivity index (χ0) is 79.8. The Morgan fingerprint density at radius 1 is 0.117 bits per heavy atom. The molecule has 0 aliphatic heterocycles. The van der Waals surface area contributed by atoms with Crippen molar-refractivity contribution < 1.29 is 1.41 Å². The van der Waals surface area contributed by atoms with Crippen molar-refractivity contribution in [2.45, 2.75) is 608 Å². The molecule has 3 heteroatoms. The SMILES string of the molecule is CCCCCCCC/C=C\CCCCCCC[CH2][Sn]([CH2]CCCCCCC/C=C\CCCCCCCC)([CH2]CCCCCCC/C=C\CCCCCCCC)[O][Sn]([CH2]CCCCCCC/C=C\CCCCCCCC)([CH2]CCCCCCC/C=C\CCCCCCCC)[CH2]CCCCCCC/C=C\CCCCCCCC. The molecular weight excluding hydrogens is 1550 g/mol. The van der Waals surface area contributed by atoms with Crippen LogP contribution in [0, 0.1) is 0 Å². The zero-order valence-corrected chi connectivity index (χ0v) is 83.7. The van der Waals surface area contributed by atoms with Gasteiger partial charge in [-0.2, -0.15) is 0 Å². The van der Waals surface area contributed by atoms with Crippen molar-refractivity contribution in [3.63, 3.8) is 0 Å². The number of rotatable bonds is 98. The summed E-state index contributed by atoms with van der Waals surface area (Å²) < 4.78 is 18.6. The predicted molar refractivity (Wildman–Crippen MR) is 518 cm³/mol. The Labute approximate surface area is 713 Å². The fraction of sp³-hybridized carbons (Fsp3) is 0.889. The molecule has 0 atom stereocenters. The summed E-state index contributed by atoms with van der Waals surface area (Å²) in [6.07, 6.45) is 149. The second-order valence-electron chi connectivity index (χ2n) is 36.6. The first-order chi connectivity index (χ1) is 55.1. The molecule has 0 radical (unpaired) electrons. The smallest absolute Gasteiger partial charge is 0.0654 e. The van der Waals surface area contributed by atoms with E-state index in [0.717, 1.165) is 0 Å². The van der Waals surface area contributed by atoms with E-state index in [1.165, 1.54) is 539 Å². The first-order valence-electron chi connectivity index (χ1n) is 52.7. The van der Waals surface area contributed by atoms with Crippen LogP contribution in [0.2, 0.25) is 26.6 Å². The summed E-state index contributed by atoms with van der Waals surface area (Å²) in [4.78, 5) is 0. The summed E-state index contributed by atoms with van der Waals surface area (Å²) in [7, 11) is 0. The van der Waals surface area contributed by atoms with Crippen molar-refractivity contribution in [2.75, 3.05) is 0 Å². The predicted octanol–water partition coefficient (Wildman–Crippen LogP) is 41.1. The molecule has 111 heavy (non-hydrogen) atoms. The molecule has 1 nitrogen and oxygen atoms in total. The van der Waals surface area contributed by atoms with Gasteiger partial charge < -0.3 is 0 Å². The average molecular weight is 1760 g/mol. The quantitative estimate of drug-likeness (QED) is 0.0335. The van der Waals surface area contributed by atoms with Crippen molar-refractivity contribution in [2.24, 2.45) is 0 Å². The van der Waals surface area contributed by atoms with Crippen LogP contribution in [0.15, 0.2) is 72.9 Å². The molecule has 0 bridgehead atoms. The topological polar surface area (TPSA) is 9.23 Å². The normalized spacial score (nSPS) is 12.6. The molecule has 0 fully saturated rings. The van der Waals surface area contributed by atoms with Gasteiger partial charge in [0.1, 0.15) is 0 Å². The molecule has 0 saturated carbocycles. The minimum absolute atomic E-state index is 1.30. The van der Waals surface area contributed by atoms with Crippen molar-refractivity contribution in [1.82, 2.24) is 0 Å². The van der Waals surface area contributed by atoms with E-state index in [-0.39, 0.29) is 0 Å². The van der Waals surface area contributed by atoms with E-state index in [1.807, 2.05) is 0 Å². The van der Waals surface area contributed by atoms with Crippen LogP contribution < -0.4 is 0 Å². The Hall–Kier alpha value is -0.00260. The van der Waals surface area contributed by atoms with Crippen LogP contribution in [0.4, 0.5) is 0 Å². The van der Waals surface area contributed by atoms with Gasteiger partial charge in [0.15, 0.2) is 0 Å². The van der Waals surface area contributed by atoms with Crippen LogP contribution in [0.5, 0.6) is 0 Å². The third kappa shape index (κ3) is 89.1. The molecule has 0 aliphatic rings. The van der Waals surface area contributed by atoms with Gasteiger partial charge in [-0.05, 0) is 0 Å². The maximum atomic E-state index is 9.15. The second-order valence-corrected chi connectivity index (χ2v) is 63.2. The zero-order valence-electron chi connectivity index (χ0n) is 78.0. The van der Waals surface area contributed by atoms with E-state index < -0.39 is 37.6 Å². The third-order valence-electron chi connectivity index (χ3n) is 25.3. The molecule has 656 valence electrons. The molecule has 0 unspecified atom stereocenters. The molecule has 0 rings (SSSR count). The van der Waals surface area contributed by atoms with E-state index in [4.69, 9.17) is 1.41 Å². The van der Waals surface area contributed by atoms with E-state index in [2.05, 4.69) is 114 Å². The first kappa shape index (κ1) is 111. The minimum Gasteiger partial charge on any atom is -0.0654 e. The Kier molecular flexibility index (Phi) is 98.8. The van der Waals surface area contributed by atoms with E-state index in [1.54, 1.807) is 26.6 Å². The molecule has 0 amide bonds. The summed E-state index contributed by atoms with van der Waals surface area (Å²) in [6, 6.07) is 0. The van der Waals surface area contributed by atoms with Gasteiger partial charge in [-0.15, -0.1) is 0 Å². The minimum atomic E-state index is -3.13. The molecule has 0 aromatic rings. The van der Waals surface area contributed by atoms with Gasteiger partial charge in [-0.1, -0.05) is 234 Å². The summed E-state index contributed by atoms with van der Waals surface area (Å²) in [5, 5.41) is 0. The van der Waals surface area contributed by atoms with Gasteiger partial charge in [-0.3, -0.25) is 0 Å². The Morgan fingerprint density at radius 3 is 0.315 bits per heavy atom. The number of hydrogen-bond donors (Lipinski definition) is 0. The monoisotopic (exact) mass is 1760 g/mol. The number of allylic oxidation sites excluding steroid dienone is 12. The van der Waals surface area contributed by atoms with Crippen LogP contribution in [-0.2, 0) is 1.41 Å². The Balaban J connectivity index is 7.00. The van der Waals surface area contributed by atoms with Crippen molar-refractivity contribution in [1.29, 1.82) is 0 Å². The molecule has 0 heterocycles. The maximum absolute atomic E-state index is 9.15. The third-order valence-corrected chi connectivity index (χ3v) is 66.0. The van der Waals surface area contributed by atoms with Crippen LogP contribution in [0.25, 0.3) is 0 Å². The Bertz CT molecular complexity index is 1530. The van der Waals surface area contributed by atoms with E-state index in [0.29, 0.717) is 0 Å². The first-order valence-corrected chi connectivity index (χ1v) is 67.1. The molecule has 0 aromatic carbocycles. The molecule has 0 N–H and O–H groups in total. The number of unbranched alkanes of at least 4 members (excludes halogenated alkanes) is 72. The second kappa shape index (κ2) is 98.8. The Morgan fingerprint density at radius 2 is 0.207 bits per heavy atom. The van der Waals surface area contributed by atoms with Gasteiger partial charge >= 0.3 is 485 Å². The summed E-state index contributed by atoms with van der Waals surface area (Å²) in [5.41, 5.74) is 0. The van der Waals surface area contributed by atoms with Crippen LogP contribution in [-0.4, -0.2) is 37.6 Å². The van der Waals surface area contributed by atoms with Crippen molar-refractivity contribution in [3.05, 3.63) is 72.9 Å². The summed E-state index contributed by atoms with van der Waals surface area (Å²) in [5.74, 6) is 0. The van der Waals surface area contributed by atoms with Gasteiger partial charge in [0.2, 0.25) is 0 Å². The van der Waals surface area contributed by atoms with Crippen LogP contribution in [0.3, 0.4) is 0 Å². The van der Waals surface area contributed by atoms with E-state index in [9.17, 15) is 0 Å². The fourth-order valence-corrected chi connectivity index (χ4v) is 71.0. The molecular formula is C108H210OSn2. The summed E-state index contributed by atoms with van der Waals surface area (Å²) >= 11 is -6.27. The molecule has 0 aromatic heterocycles. The van der Waals surface area contributed by atoms with Gasteiger partial charge in [0.05, 0.1) is 0 Å². The molecule has 0 aliphatic carbocycles. The van der Waals surface area contributed by atoms with Crippen LogP contribution >= 0.6 is 0 Å². The van der Waals surface area contributed by atoms with Crippen molar-refractivity contribution >= 4 is 37.6 Å². The summed E-state index contributed by atoms with van der Waals surface area (Å²) in [6.45, 7) is 14.0. The standard InChI is InChI=1S/6C18H35.O.2Sn/c6*1-3-5-7-9-11-13-15-17-18-16-14-12-10-8-6-4-2;;;/h6*17-18H,1,3-16H2,2H3;;;/b6*18-17-;;;. The molecule has 0 saturated heterocycles. The molecule has 0 spiro atoms. The van der Waals surface area contributed by atoms with Gasteiger partial charge in [-0.25, -0.2) is 0 Å².